The second-order valence-corrected chi connectivity index (χ2v) is 10.3. The molecule has 188 valence electrons. The topological polar surface area (TPSA) is 93.1 Å². The zero-order valence-electron chi connectivity index (χ0n) is 20.5. The molecule has 1 aliphatic heterocycles. The van der Waals surface area contributed by atoms with Crippen molar-refractivity contribution in [3.8, 4) is 0 Å². The summed E-state index contributed by atoms with van der Waals surface area (Å²) in [5.74, 6) is -0.338. The van der Waals surface area contributed by atoms with Gasteiger partial charge in [-0.15, -0.1) is 13.2 Å². The Morgan fingerprint density at radius 1 is 1.29 bits per heavy atom. The minimum Gasteiger partial charge on any atom is -0.462 e. The van der Waals surface area contributed by atoms with Gasteiger partial charge in [-0.1, -0.05) is 44.2 Å². The van der Waals surface area contributed by atoms with Crippen LogP contribution in [0, 0.1) is 23.2 Å². The molecule has 0 saturated carbocycles. The lowest BCUT2D eigenvalue weighted by Gasteiger charge is -2.44. The number of hydrogen-bond donors (Lipinski definition) is 2. The molecule has 0 amide bonds. The van der Waals surface area contributed by atoms with Gasteiger partial charge in [0.05, 0.1) is 24.0 Å². The van der Waals surface area contributed by atoms with Crippen molar-refractivity contribution < 1.29 is 29.3 Å². The standard InChI is InChI=1S/C28H40O6/c1-5-11-28(7-3,12-6-2)27(32)34-24-16-20(29)14-19-9-8-10-23(26(19)24)18(4)13-22-15-21(30)17-25(31)33-22/h5-6,8-9,14,18,20-24,26,29-30H,1-2,7,10-13,15-17H2,3-4H3/t18-,20+,21+,22+,23-,24-,26-/m0/s1. The highest BCUT2D eigenvalue weighted by Gasteiger charge is 2.45. The molecule has 34 heavy (non-hydrogen) atoms. The summed E-state index contributed by atoms with van der Waals surface area (Å²) in [6, 6.07) is 0. The highest BCUT2D eigenvalue weighted by atomic mass is 16.6. The summed E-state index contributed by atoms with van der Waals surface area (Å²) in [6.45, 7) is 11.8. The van der Waals surface area contributed by atoms with Crippen LogP contribution in [0.2, 0.25) is 0 Å². The maximum Gasteiger partial charge on any atom is 0.312 e. The molecule has 1 saturated heterocycles. The number of fused-ring (bicyclic) bond motifs is 1. The summed E-state index contributed by atoms with van der Waals surface area (Å²) in [5.41, 5.74) is 0.295. The first-order valence-corrected chi connectivity index (χ1v) is 12.6. The van der Waals surface area contributed by atoms with Crippen molar-refractivity contribution in [2.24, 2.45) is 23.2 Å². The molecule has 0 bridgehead atoms. The van der Waals surface area contributed by atoms with E-state index in [1.165, 1.54) is 0 Å². The third-order valence-corrected chi connectivity index (χ3v) is 7.86. The summed E-state index contributed by atoms with van der Waals surface area (Å²) >= 11 is 0. The first kappa shape index (κ1) is 26.4. The van der Waals surface area contributed by atoms with Gasteiger partial charge in [-0.05, 0) is 49.5 Å². The fourth-order valence-electron chi connectivity index (χ4n) is 6.00. The summed E-state index contributed by atoms with van der Waals surface area (Å²) < 4.78 is 11.7. The zero-order chi connectivity index (χ0) is 24.9. The van der Waals surface area contributed by atoms with E-state index in [1.807, 2.05) is 19.1 Å². The van der Waals surface area contributed by atoms with Crippen molar-refractivity contribution in [2.75, 3.05) is 0 Å². The smallest absolute Gasteiger partial charge is 0.312 e. The van der Waals surface area contributed by atoms with Crippen molar-refractivity contribution in [3.63, 3.8) is 0 Å². The molecule has 0 radical (unpaired) electrons. The molecule has 7 atom stereocenters. The Hall–Kier alpha value is -2.18. The third kappa shape index (κ3) is 5.89. The Morgan fingerprint density at radius 2 is 2.00 bits per heavy atom. The molecule has 2 aliphatic carbocycles. The van der Waals surface area contributed by atoms with Crippen LogP contribution in [0.5, 0.6) is 0 Å². The van der Waals surface area contributed by atoms with E-state index in [0.29, 0.717) is 38.5 Å². The maximum absolute atomic E-state index is 13.5. The maximum atomic E-state index is 13.5. The predicted octanol–water partition coefficient (Wildman–Crippen LogP) is 4.42. The van der Waals surface area contributed by atoms with Crippen LogP contribution in [0.25, 0.3) is 0 Å². The molecule has 0 aromatic rings. The molecule has 0 aromatic heterocycles. The van der Waals surface area contributed by atoms with Gasteiger partial charge in [0, 0.05) is 18.8 Å². The zero-order valence-corrected chi connectivity index (χ0v) is 20.5. The number of allylic oxidation sites excluding steroid dienone is 4. The van der Waals surface area contributed by atoms with Crippen LogP contribution >= 0.6 is 0 Å². The molecule has 1 fully saturated rings. The molecule has 2 N–H and O–H groups in total. The lowest BCUT2D eigenvalue weighted by molar-refractivity contribution is -0.168. The number of aliphatic hydroxyl groups excluding tert-OH is 2. The normalized spacial score (nSPS) is 32.1. The van der Waals surface area contributed by atoms with Gasteiger partial charge in [-0.3, -0.25) is 9.59 Å². The van der Waals surface area contributed by atoms with Crippen molar-refractivity contribution in [2.45, 2.75) is 89.6 Å². The van der Waals surface area contributed by atoms with E-state index in [1.54, 1.807) is 12.2 Å². The number of carbonyl (C=O) groups is 2. The molecule has 6 nitrogen and oxygen atoms in total. The van der Waals surface area contributed by atoms with Crippen molar-refractivity contribution in [3.05, 3.63) is 49.1 Å². The highest BCUT2D eigenvalue weighted by Crippen LogP contribution is 2.45. The summed E-state index contributed by atoms with van der Waals surface area (Å²) in [5, 5.41) is 20.5. The van der Waals surface area contributed by atoms with Gasteiger partial charge < -0.3 is 19.7 Å². The minimum atomic E-state index is -0.701. The molecule has 0 unspecified atom stereocenters. The lowest BCUT2D eigenvalue weighted by atomic mass is 9.66. The SMILES string of the molecule is C=CCC(CC)(CC=C)C(=O)O[C@H]1C[C@H](O)C=C2C=CC[C@@H]([C@@H](C)C[C@@H]3C[C@@H](O)CC(=O)O3)[C@H]21. The quantitative estimate of drug-likeness (QED) is 0.361. The fourth-order valence-corrected chi connectivity index (χ4v) is 6.00. The number of ether oxygens (including phenoxy) is 2. The third-order valence-electron chi connectivity index (χ3n) is 7.86. The van der Waals surface area contributed by atoms with Gasteiger partial charge >= 0.3 is 11.9 Å². The fraction of sp³-hybridized carbons (Fsp3) is 0.643. The highest BCUT2D eigenvalue weighted by molar-refractivity contribution is 5.77. The van der Waals surface area contributed by atoms with E-state index in [4.69, 9.17) is 9.47 Å². The summed E-state index contributed by atoms with van der Waals surface area (Å²) in [7, 11) is 0. The van der Waals surface area contributed by atoms with E-state index in [2.05, 4.69) is 26.2 Å². The minimum absolute atomic E-state index is 0.0430. The molecule has 0 aromatic carbocycles. The van der Waals surface area contributed by atoms with Crippen LogP contribution in [0.15, 0.2) is 49.1 Å². The van der Waals surface area contributed by atoms with Crippen LogP contribution in [-0.2, 0) is 19.1 Å². The van der Waals surface area contributed by atoms with E-state index in [0.717, 1.165) is 12.0 Å². The Bertz CT molecular complexity index is 817. The number of rotatable bonds is 10. The number of esters is 2. The molecule has 3 rings (SSSR count). The van der Waals surface area contributed by atoms with Gasteiger partial charge in [0.2, 0.25) is 0 Å². The Kier molecular flexibility index (Phi) is 8.94. The van der Waals surface area contributed by atoms with E-state index < -0.39 is 23.7 Å². The first-order valence-electron chi connectivity index (χ1n) is 12.6. The molecular weight excluding hydrogens is 432 g/mol. The number of carbonyl (C=O) groups excluding carboxylic acids is 2. The van der Waals surface area contributed by atoms with Crippen molar-refractivity contribution in [1.29, 1.82) is 0 Å². The molecule has 3 aliphatic rings. The van der Waals surface area contributed by atoms with Gasteiger partial charge in [0.15, 0.2) is 0 Å². The monoisotopic (exact) mass is 472 g/mol. The molecule has 1 heterocycles. The van der Waals surface area contributed by atoms with Crippen LogP contribution in [0.3, 0.4) is 0 Å². The molecular formula is C28H40O6. The van der Waals surface area contributed by atoms with Gasteiger partial charge in [-0.2, -0.15) is 0 Å². The number of hydrogen-bond acceptors (Lipinski definition) is 6. The van der Waals surface area contributed by atoms with E-state index in [9.17, 15) is 19.8 Å². The Balaban J connectivity index is 1.81. The van der Waals surface area contributed by atoms with Crippen LogP contribution < -0.4 is 0 Å². The van der Waals surface area contributed by atoms with Crippen LogP contribution in [0.4, 0.5) is 0 Å². The largest absolute Gasteiger partial charge is 0.462 e. The second kappa shape index (κ2) is 11.5. The molecule has 0 spiro atoms. The molecule has 6 heteroatoms. The number of cyclic esters (lactones) is 1. The van der Waals surface area contributed by atoms with Gasteiger partial charge in [0.1, 0.15) is 12.2 Å². The van der Waals surface area contributed by atoms with E-state index in [-0.39, 0.29) is 42.2 Å². The Labute approximate surface area is 203 Å². The summed E-state index contributed by atoms with van der Waals surface area (Å²) in [4.78, 5) is 25.3. The van der Waals surface area contributed by atoms with Crippen LogP contribution in [0.1, 0.15) is 65.2 Å². The lowest BCUT2D eigenvalue weighted by Crippen LogP contribution is -2.45. The number of aliphatic hydroxyl groups is 2. The average Bonchev–Trinajstić information content (AvgIpc) is 2.77. The predicted molar refractivity (Wildman–Crippen MR) is 131 cm³/mol. The van der Waals surface area contributed by atoms with Crippen LogP contribution in [-0.4, -0.2) is 46.6 Å². The first-order chi connectivity index (χ1) is 16.2. The Morgan fingerprint density at radius 3 is 2.62 bits per heavy atom. The van der Waals surface area contributed by atoms with Crippen molar-refractivity contribution in [1.82, 2.24) is 0 Å². The van der Waals surface area contributed by atoms with E-state index >= 15 is 0 Å². The van der Waals surface area contributed by atoms with Crippen molar-refractivity contribution >= 4 is 11.9 Å². The van der Waals surface area contributed by atoms with Gasteiger partial charge in [-0.25, -0.2) is 0 Å². The second-order valence-electron chi connectivity index (χ2n) is 10.3. The summed E-state index contributed by atoms with van der Waals surface area (Å²) in [6.07, 6.45) is 11.4. The average molecular weight is 473 g/mol. The van der Waals surface area contributed by atoms with Gasteiger partial charge in [0.25, 0.3) is 0 Å².